The fourth-order valence-corrected chi connectivity index (χ4v) is 2.46. The second kappa shape index (κ2) is 4.86. The van der Waals surface area contributed by atoms with Crippen LogP contribution in [0.2, 0.25) is 5.02 Å². The minimum absolute atomic E-state index is 0.00705. The molecule has 20 heavy (non-hydrogen) atoms. The van der Waals surface area contributed by atoms with Crippen LogP contribution in [0.5, 0.6) is 0 Å². The van der Waals surface area contributed by atoms with Gasteiger partial charge < -0.3 is 9.42 Å². The zero-order chi connectivity index (χ0) is 14.3. The third-order valence-electron chi connectivity index (χ3n) is 3.24. The lowest BCUT2D eigenvalue weighted by Crippen LogP contribution is -2.25. The maximum atomic E-state index is 14.0. The Morgan fingerprint density at radius 3 is 3.00 bits per heavy atom. The fraction of sp³-hybridized carbons (Fsp3) is 0.308. The molecule has 5 nitrogen and oxygen atoms in total. The molecule has 1 fully saturated rings. The van der Waals surface area contributed by atoms with Gasteiger partial charge in [0, 0.05) is 13.0 Å². The van der Waals surface area contributed by atoms with Gasteiger partial charge in [0.15, 0.2) is 11.6 Å². The van der Waals surface area contributed by atoms with Gasteiger partial charge in [-0.25, -0.2) is 4.39 Å². The number of rotatable bonds is 2. The lowest BCUT2D eigenvalue weighted by molar-refractivity contribution is -0.117. The Morgan fingerprint density at radius 2 is 2.30 bits per heavy atom. The number of hydrogen-bond donors (Lipinski definition) is 0. The van der Waals surface area contributed by atoms with Gasteiger partial charge in [-0.2, -0.15) is 4.98 Å². The number of hydrogen-bond acceptors (Lipinski definition) is 4. The number of anilines is 1. The highest BCUT2D eigenvalue weighted by atomic mass is 35.5. The summed E-state index contributed by atoms with van der Waals surface area (Å²) in [6.45, 7) is 2.01. The van der Waals surface area contributed by atoms with Gasteiger partial charge in [0.05, 0.1) is 16.6 Å². The molecule has 3 rings (SSSR count). The largest absolute Gasteiger partial charge is 0.339 e. The molecule has 1 aliphatic rings. The molecular weight excluding hydrogens is 285 g/mol. The van der Waals surface area contributed by atoms with Crippen LogP contribution in [0.4, 0.5) is 10.1 Å². The van der Waals surface area contributed by atoms with Crippen LogP contribution < -0.4 is 4.90 Å². The Hall–Kier alpha value is -1.95. The van der Waals surface area contributed by atoms with E-state index in [2.05, 4.69) is 10.1 Å². The van der Waals surface area contributed by atoms with Crippen LogP contribution in [0.15, 0.2) is 22.7 Å². The Bertz CT molecular complexity index is 673. The van der Waals surface area contributed by atoms with Crippen LogP contribution >= 0.6 is 11.6 Å². The van der Waals surface area contributed by atoms with Gasteiger partial charge >= 0.3 is 0 Å². The number of halogens is 2. The average Bonchev–Trinajstić information content (AvgIpc) is 2.99. The van der Waals surface area contributed by atoms with Gasteiger partial charge in [0.25, 0.3) is 0 Å². The molecule has 1 unspecified atom stereocenters. The van der Waals surface area contributed by atoms with Gasteiger partial charge in [-0.1, -0.05) is 22.8 Å². The summed E-state index contributed by atoms with van der Waals surface area (Å²) in [7, 11) is 0. The number of aryl methyl sites for hydroxylation is 1. The highest BCUT2D eigenvalue weighted by Crippen LogP contribution is 2.34. The Labute approximate surface area is 119 Å². The summed E-state index contributed by atoms with van der Waals surface area (Å²) >= 11 is 5.74. The second-order valence-electron chi connectivity index (χ2n) is 4.66. The highest BCUT2D eigenvalue weighted by Gasteiger charge is 2.36. The van der Waals surface area contributed by atoms with E-state index in [-0.39, 0.29) is 29.0 Å². The van der Waals surface area contributed by atoms with Crippen LogP contribution in [0.3, 0.4) is 0 Å². The maximum absolute atomic E-state index is 14.0. The van der Waals surface area contributed by atoms with Crippen LogP contribution in [0, 0.1) is 12.7 Å². The molecule has 0 N–H and O–H groups in total. The molecule has 1 aromatic heterocycles. The van der Waals surface area contributed by atoms with Crippen molar-refractivity contribution in [2.24, 2.45) is 0 Å². The molecule has 0 saturated carbocycles. The van der Waals surface area contributed by atoms with E-state index in [1.54, 1.807) is 13.0 Å². The number of carbonyl (C=O) groups excluding carboxylic acids is 1. The van der Waals surface area contributed by atoms with E-state index in [1.165, 1.54) is 17.0 Å². The van der Waals surface area contributed by atoms with Crippen molar-refractivity contribution in [2.45, 2.75) is 19.3 Å². The smallest absolute Gasteiger partial charge is 0.232 e. The summed E-state index contributed by atoms with van der Waals surface area (Å²) in [4.78, 5) is 17.5. The molecular formula is C13H11ClFN3O2. The molecule has 1 aromatic carbocycles. The highest BCUT2D eigenvalue weighted by molar-refractivity contribution is 6.31. The number of amides is 1. The van der Waals surface area contributed by atoms with Crippen molar-refractivity contribution in [3.05, 3.63) is 40.8 Å². The average molecular weight is 296 g/mol. The summed E-state index contributed by atoms with van der Waals surface area (Å²) in [5.41, 5.74) is 0.182. The van der Waals surface area contributed by atoms with E-state index in [9.17, 15) is 9.18 Å². The predicted molar refractivity (Wildman–Crippen MR) is 70.2 cm³/mol. The zero-order valence-electron chi connectivity index (χ0n) is 10.6. The van der Waals surface area contributed by atoms with Crippen LogP contribution in [-0.4, -0.2) is 22.6 Å². The van der Waals surface area contributed by atoms with Gasteiger partial charge in [-0.15, -0.1) is 0 Å². The third-order valence-corrected chi connectivity index (χ3v) is 3.53. The maximum Gasteiger partial charge on any atom is 0.232 e. The monoisotopic (exact) mass is 295 g/mol. The zero-order valence-corrected chi connectivity index (χ0v) is 11.4. The first kappa shape index (κ1) is 13.1. The summed E-state index contributed by atoms with van der Waals surface area (Å²) in [5.74, 6) is -0.0837. The molecule has 104 valence electrons. The molecule has 1 aliphatic heterocycles. The third kappa shape index (κ3) is 2.16. The van der Waals surface area contributed by atoms with Crippen LogP contribution in [0.25, 0.3) is 0 Å². The van der Waals surface area contributed by atoms with E-state index in [0.717, 1.165) is 0 Å². The minimum atomic E-state index is -0.593. The summed E-state index contributed by atoms with van der Waals surface area (Å²) in [6.07, 6.45) is 0.216. The predicted octanol–water partition coefficient (Wildman–Crippen LogP) is 2.69. The summed E-state index contributed by atoms with van der Waals surface area (Å²) < 4.78 is 19.1. The molecule has 0 aliphatic carbocycles. The first-order chi connectivity index (χ1) is 9.56. The number of aromatic nitrogens is 2. The van der Waals surface area contributed by atoms with Crippen molar-refractivity contribution in [1.82, 2.24) is 10.1 Å². The minimum Gasteiger partial charge on any atom is -0.339 e. The van der Waals surface area contributed by atoms with Crippen LogP contribution in [-0.2, 0) is 4.79 Å². The molecule has 2 aromatic rings. The number of nitrogens with zero attached hydrogens (tertiary/aromatic N) is 3. The first-order valence-corrected chi connectivity index (χ1v) is 6.48. The number of benzene rings is 1. The molecule has 7 heteroatoms. The summed E-state index contributed by atoms with van der Waals surface area (Å²) in [5, 5.41) is 3.70. The molecule has 0 radical (unpaired) electrons. The van der Waals surface area contributed by atoms with Gasteiger partial charge in [-0.05, 0) is 19.1 Å². The molecule has 1 atom stereocenters. The van der Waals surface area contributed by atoms with E-state index < -0.39 is 5.82 Å². The van der Waals surface area contributed by atoms with Gasteiger partial charge in [-0.3, -0.25) is 4.79 Å². The van der Waals surface area contributed by atoms with E-state index in [4.69, 9.17) is 16.1 Å². The normalized spacial score (nSPS) is 18.9. The molecule has 1 saturated heterocycles. The van der Waals surface area contributed by atoms with E-state index in [0.29, 0.717) is 18.3 Å². The second-order valence-corrected chi connectivity index (χ2v) is 5.07. The lowest BCUT2D eigenvalue weighted by atomic mass is 10.1. The van der Waals surface area contributed by atoms with Crippen LogP contribution in [0.1, 0.15) is 24.1 Å². The van der Waals surface area contributed by atoms with Crippen molar-refractivity contribution >= 4 is 23.2 Å². The van der Waals surface area contributed by atoms with E-state index in [1.807, 2.05) is 0 Å². The molecule has 0 bridgehead atoms. The van der Waals surface area contributed by atoms with Crippen molar-refractivity contribution in [1.29, 1.82) is 0 Å². The van der Waals surface area contributed by atoms with Crippen molar-refractivity contribution in [3.8, 4) is 0 Å². The molecule has 0 spiro atoms. The Morgan fingerprint density at radius 1 is 1.50 bits per heavy atom. The van der Waals surface area contributed by atoms with E-state index >= 15 is 0 Å². The van der Waals surface area contributed by atoms with Crippen molar-refractivity contribution in [2.75, 3.05) is 11.4 Å². The first-order valence-electron chi connectivity index (χ1n) is 6.11. The molecule has 1 amide bonds. The summed E-state index contributed by atoms with van der Waals surface area (Å²) in [6, 6.07) is 4.58. The molecule has 2 heterocycles. The fourth-order valence-electron chi connectivity index (χ4n) is 2.29. The Kier molecular flexibility index (Phi) is 3.17. The van der Waals surface area contributed by atoms with Gasteiger partial charge in [0.2, 0.25) is 11.8 Å². The topological polar surface area (TPSA) is 59.2 Å². The quantitative estimate of drug-likeness (QED) is 0.854. The Balaban J connectivity index is 1.89. The van der Waals surface area contributed by atoms with Crippen molar-refractivity contribution < 1.29 is 13.7 Å². The van der Waals surface area contributed by atoms with Gasteiger partial charge in [0.1, 0.15) is 0 Å². The standard InChI is InChI=1S/C13H11ClFN3O2/c1-7-16-13(20-17-7)8-5-11(19)18(6-8)10-4-2-3-9(14)12(10)15/h2-4,8H,5-6H2,1H3. The van der Waals surface area contributed by atoms with Crippen molar-refractivity contribution in [3.63, 3.8) is 0 Å². The SMILES string of the molecule is Cc1noc(C2CC(=O)N(c3cccc(Cl)c3F)C2)n1. The lowest BCUT2D eigenvalue weighted by Gasteiger charge is -2.17. The number of carbonyl (C=O) groups is 1.